The number of carboxylic acid groups (broad SMARTS) is 2. The number of aromatic nitrogens is 1. The number of nitrogens with zero attached hydrogens (tertiary/aromatic N) is 2. The maximum absolute atomic E-state index is 13.7. The van der Waals surface area contributed by atoms with Gasteiger partial charge in [0.1, 0.15) is 11.9 Å². The first-order valence-electron chi connectivity index (χ1n) is 7.94. The van der Waals surface area contributed by atoms with Crippen LogP contribution < -0.4 is 0 Å². The number of likely N-dealkylation sites (N-methyl/N-ethyl adjacent to an activating group) is 1. The van der Waals surface area contributed by atoms with Gasteiger partial charge in [-0.25, -0.2) is 16.8 Å². The van der Waals surface area contributed by atoms with Gasteiger partial charge in [0.15, 0.2) is 5.37 Å². The van der Waals surface area contributed by atoms with Crippen LogP contribution in [0.1, 0.15) is 11.3 Å². The Balaban J connectivity index is 2.22. The summed E-state index contributed by atoms with van der Waals surface area (Å²) in [5.41, 5.74) is 0.490. The maximum atomic E-state index is 13.7. The van der Waals surface area contributed by atoms with E-state index in [1.807, 2.05) is 0 Å². The highest BCUT2D eigenvalue weighted by molar-refractivity contribution is 7.90. The van der Waals surface area contributed by atoms with Crippen molar-refractivity contribution in [2.45, 2.75) is 24.8 Å². The molecule has 2 N–H and O–H groups in total. The third-order valence-electron chi connectivity index (χ3n) is 4.68. The normalized spacial score (nSPS) is 20.4. The van der Waals surface area contributed by atoms with E-state index in [1.165, 1.54) is 37.1 Å². The topological polar surface area (TPSA) is 117 Å². The number of rotatable bonds is 5. The number of halogens is 1. The van der Waals surface area contributed by atoms with Crippen LogP contribution in [0, 0.1) is 12.7 Å². The molecule has 2 unspecified atom stereocenters. The van der Waals surface area contributed by atoms with Crippen molar-refractivity contribution in [1.29, 1.82) is 0 Å². The number of fused-ring (bicyclic) bond motifs is 1. The van der Waals surface area contributed by atoms with Gasteiger partial charge in [0.25, 0.3) is 10.0 Å². The molecule has 0 amide bonds. The summed E-state index contributed by atoms with van der Waals surface area (Å²) < 4.78 is 41.2. The van der Waals surface area contributed by atoms with Crippen molar-refractivity contribution in [1.82, 2.24) is 8.87 Å². The molecule has 0 radical (unpaired) electrons. The zero-order chi connectivity index (χ0) is 20.1. The molecular weight excluding hydrogens is 379 g/mol. The van der Waals surface area contributed by atoms with E-state index in [9.17, 15) is 27.5 Å². The minimum atomic E-state index is -4.16. The summed E-state index contributed by atoms with van der Waals surface area (Å²) in [7, 11) is -2.79. The highest BCUT2D eigenvalue weighted by Crippen LogP contribution is 2.32. The molecule has 0 bridgehead atoms. The van der Waals surface area contributed by atoms with E-state index >= 15 is 0 Å². The predicted molar refractivity (Wildman–Crippen MR) is 94.4 cm³/mol. The largest absolute Gasteiger partial charge is 0.481 e. The van der Waals surface area contributed by atoms with E-state index in [-0.39, 0.29) is 22.2 Å². The first-order chi connectivity index (χ1) is 12.6. The van der Waals surface area contributed by atoms with Crippen LogP contribution in [0.25, 0.3) is 10.9 Å². The lowest BCUT2D eigenvalue weighted by Gasteiger charge is -2.24. The molecule has 1 aromatic heterocycles. The van der Waals surface area contributed by atoms with Gasteiger partial charge in [0.05, 0.1) is 11.9 Å². The van der Waals surface area contributed by atoms with E-state index in [2.05, 4.69) is 0 Å². The van der Waals surface area contributed by atoms with Gasteiger partial charge in [0, 0.05) is 11.1 Å². The Morgan fingerprint density at radius 1 is 1.22 bits per heavy atom. The monoisotopic (exact) mass is 396 g/mol. The van der Waals surface area contributed by atoms with Crippen LogP contribution in [-0.2, 0) is 26.0 Å². The molecular formula is C17H17FN2O6S. The average Bonchev–Trinajstić information content (AvgIpc) is 3.07. The van der Waals surface area contributed by atoms with Crippen molar-refractivity contribution >= 4 is 32.9 Å². The van der Waals surface area contributed by atoms with Gasteiger partial charge in [-0.3, -0.25) is 14.5 Å². The molecule has 27 heavy (non-hydrogen) atoms. The van der Waals surface area contributed by atoms with Crippen LogP contribution in [0.5, 0.6) is 0 Å². The molecule has 0 saturated carbocycles. The Hall–Kier alpha value is -2.72. The SMILES string of the molecule is Cc1c(CC(=O)O)c2cc(F)ccc2n1S(=O)(=O)C1C=CC(C(=O)O)N1C. The first kappa shape index (κ1) is 19.1. The Kier molecular flexibility index (Phi) is 4.56. The highest BCUT2D eigenvalue weighted by atomic mass is 32.2. The third-order valence-corrected chi connectivity index (χ3v) is 6.76. The lowest BCUT2D eigenvalue weighted by Crippen LogP contribution is -2.44. The number of carboxylic acids is 2. The molecule has 144 valence electrons. The summed E-state index contributed by atoms with van der Waals surface area (Å²) in [5, 5.41) is 17.3. The van der Waals surface area contributed by atoms with Gasteiger partial charge in [-0.05, 0) is 37.7 Å². The molecule has 0 spiro atoms. The zero-order valence-electron chi connectivity index (χ0n) is 14.5. The number of hydrogen-bond donors (Lipinski definition) is 2. The molecule has 10 heteroatoms. The van der Waals surface area contributed by atoms with Crippen molar-refractivity contribution in [3.63, 3.8) is 0 Å². The van der Waals surface area contributed by atoms with Gasteiger partial charge in [-0.15, -0.1) is 0 Å². The molecule has 2 atom stereocenters. The van der Waals surface area contributed by atoms with Crippen molar-refractivity contribution < 1.29 is 32.6 Å². The standard InChI is InChI=1S/C17H17FN2O6S/c1-9-11(8-16(21)22)12-7-10(18)3-4-13(12)20(9)27(25,26)15-6-5-14(17(23)24)19(15)2/h3-7,14-15H,8H2,1-2H3,(H,21,22)(H,23,24). The quantitative estimate of drug-likeness (QED) is 0.729. The number of benzene rings is 1. The molecule has 2 heterocycles. The summed E-state index contributed by atoms with van der Waals surface area (Å²) in [6.07, 6.45) is 2.09. The van der Waals surface area contributed by atoms with Gasteiger partial charge >= 0.3 is 11.9 Å². The fourth-order valence-corrected chi connectivity index (χ4v) is 5.41. The molecule has 1 aromatic carbocycles. The van der Waals surface area contributed by atoms with Gasteiger partial charge in [0.2, 0.25) is 0 Å². The number of carbonyl (C=O) groups is 2. The van der Waals surface area contributed by atoms with Gasteiger partial charge in [-0.2, -0.15) is 0 Å². The fourth-order valence-electron chi connectivity index (χ4n) is 3.43. The van der Waals surface area contributed by atoms with Crippen LogP contribution in [-0.4, -0.2) is 57.9 Å². The van der Waals surface area contributed by atoms with Crippen LogP contribution in [0.3, 0.4) is 0 Å². The van der Waals surface area contributed by atoms with Crippen LogP contribution in [0.4, 0.5) is 4.39 Å². The Morgan fingerprint density at radius 2 is 1.89 bits per heavy atom. The van der Waals surface area contributed by atoms with E-state index < -0.39 is 45.6 Å². The van der Waals surface area contributed by atoms with E-state index in [1.54, 1.807) is 0 Å². The molecule has 0 aliphatic carbocycles. The summed E-state index contributed by atoms with van der Waals surface area (Å²) in [5.74, 6) is -2.98. The summed E-state index contributed by atoms with van der Waals surface area (Å²) in [6, 6.07) is 2.37. The molecule has 1 aliphatic rings. The summed E-state index contributed by atoms with van der Waals surface area (Å²) in [4.78, 5) is 23.6. The van der Waals surface area contributed by atoms with Crippen LogP contribution in [0.15, 0.2) is 30.4 Å². The molecule has 2 aromatic rings. The smallest absolute Gasteiger partial charge is 0.324 e. The van der Waals surface area contributed by atoms with Gasteiger partial charge < -0.3 is 10.2 Å². The predicted octanol–water partition coefficient (Wildman–Crippen LogP) is 1.17. The average molecular weight is 396 g/mol. The Bertz CT molecular complexity index is 1090. The van der Waals surface area contributed by atoms with Gasteiger partial charge in [-0.1, -0.05) is 12.2 Å². The third kappa shape index (κ3) is 3.00. The molecule has 1 aliphatic heterocycles. The van der Waals surface area contributed by atoms with E-state index in [0.717, 1.165) is 16.1 Å². The van der Waals surface area contributed by atoms with Crippen molar-refractivity contribution in [3.8, 4) is 0 Å². The van der Waals surface area contributed by atoms with Crippen molar-refractivity contribution in [2.24, 2.45) is 0 Å². The lowest BCUT2D eigenvalue weighted by molar-refractivity contribution is -0.140. The zero-order valence-corrected chi connectivity index (χ0v) is 15.3. The lowest BCUT2D eigenvalue weighted by atomic mass is 10.1. The Labute approximate surface area is 154 Å². The molecule has 8 nitrogen and oxygen atoms in total. The second kappa shape index (κ2) is 6.46. The molecule has 3 rings (SSSR count). The van der Waals surface area contributed by atoms with Crippen molar-refractivity contribution in [3.05, 3.63) is 47.4 Å². The Morgan fingerprint density at radius 3 is 2.44 bits per heavy atom. The minimum absolute atomic E-state index is 0.144. The number of aliphatic carboxylic acids is 2. The van der Waals surface area contributed by atoms with Crippen LogP contribution >= 0.6 is 0 Å². The molecule has 0 fully saturated rings. The van der Waals surface area contributed by atoms with Crippen LogP contribution in [0.2, 0.25) is 0 Å². The minimum Gasteiger partial charge on any atom is -0.481 e. The van der Waals surface area contributed by atoms with Crippen molar-refractivity contribution in [2.75, 3.05) is 7.05 Å². The second-order valence-corrected chi connectivity index (χ2v) is 8.21. The fraction of sp³-hybridized carbons (Fsp3) is 0.294. The maximum Gasteiger partial charge on any atom is 0.324 e. The second-order valence-electron chi connectivity index (χ2n) is 6.33. The number of hydrogen-bond acceptors (Lipinski definition) is 5. The first-order valence-corrected chi connectivity index (χ1v) is 9.44. The summed E-state index contributed by atoms with van der Waals surface area (Å²) in [6.45, 7) is 1.45. The summed E-state index contributed by atoms with van der Waals surface area (Å²) >= 11 is 0. The van der Waals surface area contributed by atoms with E-state index in [4.69, 9.17) is 5.11 Å². The highest BCUT2D eigenvalue weighted by Gasteiger charge is 2.40. The molecule has 0 saturated heterocycles. The van der Waals surface area contributed by atoms with E-state index in [0.29, 0.717) is 0 Å².